The fraction of sp³-hybridized carbons (Fsp3) is 0.125. The van der Waals surface area contributed by atoms with Gasteiger partial charge in [0.25, 0.3) is 0 Å². The summed E-state index contributed by atoms with van der Waals surface area (Å²) in [4.78, 5) is 13.3. The quantitative estimate of drug-likeness (QED) is 0.345. The van der Waals surface area contributed by atoms with Crippen molar-refractivity contribution < 1.29 is 10.0 Å². The number of benzene rings is 2. The normalized spacial score (nSPS) is 11.3. The molecule has 2 aromatic carbocycles. The number of carbonyl (C=O) groups excluding carboxylic acids is 1. The summed E-state index contributed by atoms with van der Waals surface area (Å²) in [6.07, 6.45) is 0. The van der Waals surface area contributed by atoms with E-state index < -0.39 is 0 Å². The monoisotopic (exact) mass is 332 g/mol. The first-order valence-electron chi connectivity index (χ1n) is 6.83. The third-order valence-corrected chi connectivity index (χ3v) is 3.74. The minimum absolute atomic E-state index is 0.141. The molecule has 0 heterocycles. The molecule has 2 aromatic rings. The molecule has 0 saturated carbocycles. The van der Waals surface area contributed by atoms with Crippen molar-refractivity contribution in [2.45, 2.75) is 0 Å². The Balaban J connectivity index is 2.63. The van der Waals surface area contributed by atoms with Crippen molar-refractivity contribution in [2.75, 3.05) is 24.2 Å². The fourth-order valence-electron chi connectivity index (χ4n) is 2.21. The Bertz CT molecular complexity index is 761. The number of halogens is 1. The Kier molecular flexibility index (Phi) is 5.20. The zero-order valence-corrected chi connectivity index (χ0v) is 13.3. The Hall–Kier alpha value is -2.57. The lowest BCUT2D eigenvalue weighted by Gasteiger charge is -2.21. The van der Waals surface area contributed by atoms with Crippen molar-refractivity contribution in [2.24, 2.45) is 10.9 Å². The molecule has 0 saturated heterocycles. The lowest BCUT2D eigenvalue weighted by Crippen LogP contribution is -2.33. The number of hydrogen-bond donors (Lipinski definition) is 3. The van der Waals surface area contributed by atoms with Gasteiger partial charge in [-0.05, 0) is 24.3 Å². The van der Waals surface area contributed by atoms with Crippen molar-refractivity contribution in [1.29, 1.82) is 0 Å². The zero-order valence-electron chi connectivity index (χ0n) is 12.5. The highest BCUT2D eigenvalue weighted by Gasteiger charge is 2.20. The van der Waals surface area contributed by atoms with Crippen molar-refractivity contribution in [3.05, 3.63) is 58.6 Å². The van der Waals surface area contributed by atoms with Crippen LogP contribution < -0.4 is 16.4 Å². The number of carbonyl (C=O) groups is 1. The van der Waals surface area contributed by atoms with E-state index in [1.807, 2.05) is 0 Å². The van der Waals surface area contributed by atoms with Gasteiger partial charge in [-0.1, -0.05) is 35.0 Å². The SMILES string of the molecule is CN(C(=O)CN)c1ccc(N)cc1C(=NO)c1ccccc1Cl. The summed E-state index contributed by atoms with van der Waals surface area (Å²) in [5.74, 6) is -0.285. The summed E-state index contributed by atoms with van der Waals surface area (Å²) >= 11 is 6.19. The van der Waals surface area contributed by atoms with Crippen molar-refractivity contribution in [1.82, 2.24) is 0 Å². The van der Waals surface area contributed by atoms with Gasteiger partial charge in [-0.2, -0.15) is 0 Å². The maximum absolute atomic E-state index is 11.9. The number of oxime groups is 1. The molecule has 7 heteroatoms. The van der Waals surface area contributed by atoms with Crippen LogP contribution in [0.15, 0.2) is 47.6 Å². The van der Waals surface area contributed by atoms with Gasteiger partial charge in [0.1, 0.15) is 5.71 Å². The van der Waals surface area contributed by atoms with Gasteiger partial charge < -0.3 is 21.6 Å². The molecule has 0 spiro atoms. The first-order valence-corrected chi connectivity index (χ1v) is 7.20. The summed E-state index contributed by atoms with van der Waals surface area (Å²) in [7, 11) is 1.59. The predicted octanol–water partition coefficient (Wildman–Crippen LogP) is 2.07. The maximum Gasteiger partial charge on any atom is 0.240 e. The minimum Gasteiger partial charge on any atom is -0.410 e. The molecular weight excluding hydrogens is 316 g/mol. The molecule has 120 valence electrons. The van der Waals surface area contributed by atoms with Crippen LogP contribution in [0.3, 0.4) is 0 Å². The standard InChI is InChI=1S/C16H17ClN4O2/c1-21(15(22)9-18)14-7-6-10(19)8-12(14)16(20-23)11-4-2-3-5-13(11)17/h2-8,23H,9,18-19H2,1H3. The Labute approximate surface area is 138 Å². The predicted molar refractivity (Wildman–Crippen MR) is 92.2 cm³/mol. The van der Waals surface area contributed by atoms with E-state index in [1.54, 1.807) is 49.5 Å². The van der Waals surface area contributed by atoms with Crippen LogP contribution in [-0.4, -0.2) is 30.4 Å². The average molecular weight is 333 g/mol. The highest BCUT2D eigenvalue weighted by molar-refractivity contribution is 6.36. The van der Waals surface area contributed by atoms with E-state index in [0.29, 0.717) is 27.5 Å². The van der Waals surface area contributed by atoms with Crippen LogP contribution in [0.4, 0.5) is 11.4 Å². The molecule has 1 amide bonds. The van der Waals surface area contributed by atoms with E-state index in [0.717, 1.165) is 0 Å². The number of likely N-dealkylation sites (N-methyl/N-ethyl adjacent to an activating group) is 1. The Morgan fingerprint density at radius 3 is 2.57 bits per heavy atom. The molecule has 0 bridgehead atoms. The number of nitrogen functional groups attached to an aromatic ring is 1. The zero-order chi connectivity index (χ0) is 17.0. The molecule has 6 nitrogen and oxygen atoms in total. The smallest absolute Gasteiger partial charge is 0.240 e. The molecule has 23 heavy (non-hydrogen) atoms. The van der Waals surface area contributed by atoms with Gasteiger partial charge in [0, 0.05) is 23.9 Å². The molecule has 0 unspecified atom stereocenters. The second-order valence-corrected chi connectivity index (χ2v) is 5.27. The Morgan fingerprint density at radius 2 is 1.96 bits per heavy atom. The van der Waals surface area contributed by atoms with E-state index >= 15 is 0 Å². The average Bonchev–Trinajstić information content (AvgIpc) is 2.56. The van der Waals surface area contributed by atoms with Crippen molar-refractivity contribution >= 4 is 34.6 Å². The molecule has 0 aliphatic carbocycles. The number of hydrogen-bond acceptors (Lipinski definition) is 5. The molecule has 0 aliphatic heterocycles. The van der Waals surface area contributed by atoms with E-state index in [-0.39, 0.29) is 18.2 Å². The molecule has 0 aliphatic rings. The van der Waals surface area contributed by atoms with Gasteiger partial charge in [-0.25, -0.2) is 0 Å². The number of rotatable bonds is 4. The van der Waals surface area contributed by atoms with Crippen LogP contribution >= 0.6 is 11.6 Å². The van der Waals surface area contributed by atoms with E-state index in [4.69, 9.17) is 23.1 Å². The van der Waals surface area contributed by atoms with Crippen LogP contribution in [0.5, 0.6) is 0 Å². The van der Waals surface area contributed by atoms with Gasteiger partial charge in [-0.15, -0.1) is 0 Å². The minimum atomic E-state index is -0.285. The second kappa shape index (κ2) is 7.13. The number of nitrogens with zero attached hydrogens (tertiary/aromatic N) is 2. The number of amides is 1. The van der Waals surface area contributed by atoms with Gasteiger partial charge in [0.15, 0.2) is 0 Å². The van der Waals surface area contributed by atoms with Gasteiger partial charge in [0.2, 0.25) is 5.91 Å². The van der Waals surface area contributed by atoms with E-state index in [9.17, 15) is 10.0 Å². The van der Waals surface area contributed by atoms with Crippen molar-refractivity contribution in [3.8, 4) is 0 Å². The summed E-state index contributed by atoms with van der Waals surface area (Å²) in [5.41, 5.74) is 13.5. The molecular formula is C16H17ClN4O2. The molecule has 0 atom stereocenters. The van der Waals surface area contributed by atoms with Crippen molar-refractivity contribution in [3.63, 3.8) is 0 Å². The highest BCUT2D eigenvalue weighted by Crippen LogP contribution is 2.28. The third-order valence-electron chi connectivity index (χ3n) is 3.41. The van der Waals surface area contributed by atoms with Crippen LogP contribution in [0, 0.1) is 0 Å². The van der Waals surface area contributed by atoms with Crippen LogP contribution in [-0.2, 0) is 4.79 Å². The van der Waals surface area contributed by atoms with Crippen LogP contribution in [0.2, 0.25) is 5.02 Å². The highest BCUT2D eigenvalue weighted by atomic mass is 35.5. The van der Waals surface area contributed by atoms with E-state index in [2.05, 4.69) is 5.16 Å². The second-order valence-electron chi connectivity index (χ2n) is 4.86. The van der Waals surface area contributed by atoms with Crippen LogP contribution in [0.25, 0.3) is 0 Å². The fourth-order valence-corrected chi connectivity index (χ4v) is 2.44. The lowest BCUT2D eigenvalue weighted by atomic mass is 9.99. The molecule has 5 N–H and O–H groups in total. The largest absolute Gasteiger partial charge is 0.410 e. The number of nitrogens with two attached hydrogens (primary N) is 2. The topological polar surface area (TPSA) is 105 Å². The summed E-state index contributed by atoms with van der Waals surface area (Å²) < 4.78 is 0. The maximum atomic E-state index is 11.9. The molecule has 2 rings (SSSR count). The summed E-state index contributed by atoms with van der Waals surface area (Å²) in [6, 6.07) is 11.9. The Morgan fingerprint density at radius 1 is 1.26 bits per heavy atom. The summed E-state index contributed by atoms with van der Waals surface area (Å²) in [6.45, 7) is -0.141. The van der Waals surface area contributed by atoms with Gasteiger partial charge in [-0.3, -0.25) is 4.79 Å². The first kappa shape index (κ1) is 16.8. The lowest BCUT2D eigenvalue weighted by molar-refractivity contribution is -0.117. The molecule has 0 aromatic heterocycles. The summed E-state index contributed by atoms with van der Waals surface area (Å²) in [5, 5.41) is 13.3. The number of anilines is 2. The van der Waals surface area contributed by atoms with E-state index in [1.165, 1.54) is 4.90 Å². The van der Waals surface area contributed by atoms with Gasteiger partial charge >= 0.3 is 0 Å². The van der Waals surface area contributed by atoms with Crippen LogP contribution in [0.1, 0.15) is 11.1 Å². The third kappa shape index (κ3) is 3.44. The molecule has 0 fully saturated rings. The first-order chi connectivity index (χ1) is 11.0. The molecule has 0 radical (unpaired) electrons. The van der Waals surface area contributed by atoms with Gasteiger partial charge in [0.05, 0.1) is 17.3 Å².